The van der Waals surface area contributed by atoms with E-state index in [4.69, 9.17) is 11.6 Å². The minimum atomic E-state index is -0.990. The number of Topliss-reactive ketones (excluding diaryl/α,β-unsaturated/α-hetero) is 1. The van der Waals surface area contributed by atoms with E-state index < -0.39 is 17.3 Å². The van der Waals surface area contributed by atoms with Crippen molar-refractivity contribution in [2.24, 2.45) is 5.92 Å². The third-order valence-electron chi connectivity index (χ3n) is 3.85. The van der Waals surface area contributed by atoms with E-state index in [9.17, 15) is 14.0 Å². The molecule has 0 radical (unpaired) electrons. The number of allylic oxidation sites excluding steroid dienone is 3. The Morgan fingerprint density at radius 3 is 2.75 bits per heavy atom. The molecule has 1 aromatic rings. The van der Waals surface area contributed by atoms with Gasteiger partial charge in [0.1, 0.15) is 5.82 Å². The van der Waals surface area contributed by atoms with E-state index in [1.165, 1.54) is 18.2 Å². The first-order valence-electron chi connectivity index (χ1n) is 6.13. The minimum absolute atomic E-state index is 0.0814. The molecule has 20 heavy (non-hydrogen) atoms. The Morgan fingerprint density at radius 1 is 1.30 bits per heavy atom. The van der Waals surface area contributed by atoms with E-state index in [1.807, 2.05) is 0 Å². The van der Waals surface area contributed by atoms with Crippen LogP contribution in [-0.4, -0.2) is 11.7 Å². The quantitative estimate of drug-likeness (QED) is 0.864. The Balaban J connectivity index is 2.16. The largest absolute Gasteiger partial charge is 0.342 e. The lowest BCUT2D eigenvalue weighted by molar-refractivity contribution is -0.119. The van der Waals surface area contributed by atoms with E-state index >= 15 is 0 Å². The lowest BCUT2D eigenvalue weighted by Gasteiger charge is -2.31. The van der Waals surface area contributed by atoms with Crippen LogP contribution in [0.2, 0.25) is 0 Å². The molecule has 0 spiro atoms. The van der Waals surface area contributed by atoms with Crippen molar-refractivity contribution in [3.8, 4) is 0 Å². The predicted molar refractivity (Wildman–Crippen MR) is 72.4 cm³/mol. The molecule has 0 saturated carbocycles. The van der Waals surface area contributed by atoms with Gasteiger partial charge in [0.2, 0.25) is 5.91 Å². The van der Waals surface area contributed by atoms with Crippen molar-refractivity contribution in [3.63, 3.8) is 0 Å². The average Bonchev–Trinajstić information content (AvgIpc) is 2.67. The van der Waals surface area contributed by atoms with Gasteiger partial charge in [0, 0.05) is 5.57 Å². The van der Waals surface area contributed by atoms with Gasteiger partial charge in [-0.15, -0.1) is 0 Å². The summed E-state index contributed by atoms with van der Waals surface area (Å²) in [6.07, 6.45) is 2.97. The Hall–Kier alpha value is -1.94. The van der Waals surface area contributed by atoms with E-state index in [0.717, 1.165) is 0 Å². The summed E-state index contributed by atoms with van der Waals surface area (Å²) in [6.45, 7) is 1.71. The molecule has 5 heteroatoms. The summed E-state index contributed by atoms with van der Waals surface area (Å²) in [7, 11) is 0. The normalized spacial score (nSPS) is 28.6. The second kappa shape index (κ2) is 4.28. The van der Waals surface area contributed by atoms with Crippen molar-refractivity contribution < 1.29 is 14.0 Å². The molecule has 1 aliphatic heterocycles. The molecule has 0 aromatic heterocycles. The summed E-state index contributed by atoms with van der Waals surface area (Å²) in [6, 6.07) is 5.87. The molecule has 1 aliphatic carbocycles. The molecule has 1 N–H and O–H groups in total. The van der Waals surface area contributed by atoms with Gasteiger partial charge >= 0.3 is 0 Å². The highest BCUT2D eigenvalue weighted by atomic mass is 35.5. The number of hydrogen-bond donors (Lipinski definition) is 1. The lowest BCUT2D eigenvalue weighted by Crippen LogP contribution is -2.43. The van der Waals surface area contributed by atoms with Crippen molar-refractivity contribution in [2.45, 2.75) is 12.5 Å². The van der Waals surface area contributed by atoms with Gasteiger partial charge in [-0.2, -0.15) is 0 Å². The van der Waals surface area contributed by atoms with Crippen molar-refractivity contribution in [1.29, 1.82) is 0 Å². The van der Waals surface area contributed by atoms with Crippen LogP contribution in [0.25, 0.3) is 0 Å². The second-order valence-electron chi connectivity index (χ2n) is 5.10. The molecule has 2 unspecified atom stereocenters. The van der Waals surface area contributed by atoms with Gasteiger partial charge < -0.3 is 5.32 Å². The fourth-order valence-electron chi connectivity index (χ4n) is 2.83. The maximum Gasteiger partial charge on any atom is 0.248 e. The van der Waals surface area contributed by atoms with Crippen molar-refractivity contribution in [1.82, 2.24) is 5.32 Å². The van der Waals surface area contributed by atoms with Gasteiger partial charge in [0.15, 0.2) is 5.78 Å². The standard InChI is InChI=1S/C15H11ClFNO2/c1-15(8-3-2-4-9(17)7-8)12-10(14(20)18-15)5-6-11(16)13(12)19/h2-7,12H,1H3,(H,18,20). The summed E-state index contributed by atoms with van der Waals surface area (Å²) < 4.78 is 13.4. The van der Waals surface area contributed by atoms with Gasteiger partial charge in [-0.1, -0.05) is 29.8 Å². The van der Waals surface area contributed by atoms with Crippen LogP contribution in [-0.2, 0) is 15.1 Å². The monoisotopic (exact) mass is 291 g/mol. The second-order valence-corrected chi connectivity index (χ2v) is 5.51. The maximum atomic E-state index is 13.4. The van der Waals surface area contributed by atoms with Crippen LogP contribution in [0.5, 0.6) is 0 Å². The van der Waals surface area contributed by atoms with Crippen molar-refractivity contribution >= 4 is 23.3 Å². The molecule has 1 amide bonds. The topological polar surface area (TPSA) is 46.2 Å². The molecule has 1 heterocycles. The van der Waals surface area contributed by atoms with Crippen LogP contribution in [0.4, 0.5) is 4.39 Å². The van der Waals surface area contributed by atoms with Gasteiger partial charge in [0.25, 0.3) is 0 Å². The molecule has 2 aliphatic rings. The van der Waals surface area contributed by atoms with Crippen LogP contribution in [0.1, 0.15) is 12.5 Å². The van der Waals surface area contributed by atoms with Crippen LogP contribution in [0.15, 0.2) is 47.0 Å². The summed E-state index contributed by atoms with van der Waals surface area (Å²) >= 11 is 5.88. The zero-order valence-corrected chi connectivity index (χ0v) is 11.4. The number of benzene rings is 1. The number of rotatable bonds is 1. The predicted octanol–water partition coefficient (Wildman–Crippen LogP) is 2.42. The third kappa shape index (κ3) is 1.72. The molecule has 0 bridgehead atoms. The molecule has 2 atom stereocenters. The molecule has 1 aromatic carbocycles. The number of nitrogens with one attached hydrogen (secondary N) is 1. The summed E-state index contributed by atoms with van der Waals surface area (Å²) in [5.74, 6) is -1.79. The number of amides is 1. The molecular weight excluding hydrogens is 281 g/mol. The number of carbonyl (C=O) groups is 2. The zero-order chi connectivity index (χ0) is 14.5. The molecule has 1 saturated heterocycles. The van der Waals surface area contributed by atoms with Gasteiger partial charge in [-0.3, -0.25) is 9.59 Å². The molecule has 1 fully saturated rings. The van der Waals surface area contributed by atoms with Gasteiger partial charge in [0.05, 0.1) is 16.5 Å². The molecule has 3 nitrogen and oxygen atoms in total. The lowest BCUT2D eigenvalue weighted by atomic mass is 9.75. The smallest absolute Gasteiger partial charge is 0.248 e. The van der Waals surface area contributed by atoms with E-state index in [0.29, 0.717) is 11.1 Å². The van der Waals surface area contributed by atoms with Gasteiger partial charge in [-0.25, -0.2) is 4.39 Å². The fourth-order valence-corrected chi connectivity index (χ4v) is 3.00. The van der Waals surface area contributed by atoms with Gasteiger partial charge in [-0.05, 0) is 30.7 Å². The van der Waals surface area contributed by atoms with Crippen LogP contribution in [0, 0.1) is 11.7 Å². The number of halogens is 2. The Labute approximate surface area is 120 Å². The number of hydrogen-bond acceptors (Lipinski definition) is 2. The third-order valence-corrected chi connectivity index (χ3v) is 4.17. The summed E-state index contributed by atoms with van der Waals surface area (Å²) in [5, 5.41) is 2.86. The number of ketones is 1. The zero-order valence-electron chi connectivity index (χ0n) is 10.6. The van der Waals surface area contributed by atoms with Crippen LogP contribution in [0.3, 0.4) is 0 Å². The van der Waals surface area contributed by atoms with Crippen molar-refractivity contribution in [3.05, 3.63) is 58.4 Å². The maximum absolute atomic E-state index is 13.4. The van der Waals surface area contributed by atoms with Crippen LogP contribution >= 0.6 is 11.6 Å². The Bertz CT molecular complexity index is 695. The Morgan fingerprint density at radius 2 is 2.05 bits per heavy atom. The van der Waals surface area contributed by atoms with Crippen molar-refractivity contribution in [2.75, 3.05) is 0 Å². The first kappa shape index (κ1) is 13.1. The molecule has 3 rings (SSSR count). The Kier molecular flexibility index (Phi) is 2.80. The SMILES string of the molecule is CC1(c2cccc(F)c2)NC(=O)C2=CC=C(Cl)C(=O)C21. The van der Waals surface area contributed by atoms with E-state index in [1.54, 1.807) is 25.1 Å². The summed E-state index contributed by atoms with van der Waals surface area (Å²) in [5.41, 5.74) is -0.0821. The number of fused-ring (bicyclic) bond motifs is 1. The first-order chi connectivity index (χ1) is 9.43. The fraction of sp³-hybridized carbons (Fsp3) is 0.200. The minimum Gasteiger partial charge on any atom is -0.342 e. The highest BCUT2D eigenvalue weighted by Crippen LogP contribution is 2.43. The first-order valence-corrected chi connectivity index (χ1v) is 6.51. The highest BCUT2D eigenvalue weighted by molar-refractivity contribution is 6.44. The number of carbonyl (C=O) groups excluding carboxylic acids is 2. The summed E-state index contributed by atoms with van der Waals surface area (Å²) in [4.78, 5) is 24.3. The van der Waals surface area contributed by atoms with E-state index in [-0.39, 0.29) is 16.7 Å². The highest BCUT2D eigenvalue weighted by Gasteiger charge is 2.52. The molecule has 102 valence electrons. The average molecular weight is 292 g/mol. The van der Waals surface area contributed by atoms with Crippen LogP contribution < -0.4 is 5.32 Å². The van der Waals surface area contributed by atoms with E-state index in [2.05, 4.69) is 5.32 Å². The molecular formula is C15H11ClFNO2.